The molecule has 0 aromatic carbocycles. The van der Waals surface area contributed by atoms with Crippen LogP contribution in [0.3, 0.4) is 0 Å². The number of piperidine rings is 1. The van der Waals surface area contributed by atoms with Crippen molar-refractivity contribution in [1.29, 1.82) is 0 Å². The first-order chi connectivity index (χ1) is 8.30. The summed E-state index contributed by atoms with van der Waals surface area (Å²) >= 11 is 0. The first-order valence-electron chi connectivity index (χ1n) is 7.47. The Morgan fingerprint density at radius 1 is 1.17 bits per heavy atom. The zero-order chi connectivity index (χ0) is 13.4. The van der Waals surface area contributed by atoms with Crippen LogP contribution in [0.4, 0.5) is 0 Å². The lowest BCUT2D eigenvalue weighted by atomic mass is 9.79. The topological polar surface area (TPSA) is 18.5 Å². The van der Waals surface area contributed by atoms with Gasteiger partial charge in [0.2, 0.25) is 0 Å². The molecule has 0 bridgehead atoms. The van der Waals surface area contributed by atoms with Crippen LogP contribution in [-0.4, -0.2) is 61.2 Å². The lowest BCUT2D eigenvalue weighted by molar-refractivity contribution is 0.0325. The smallest absolute Gasteiger partial charge is 0.0252 e. The molecule has 0 radical (unpaired) electrons. The molecule has 1 atom stereocenters. The molecule has 0 aromatic heterocycles. The van der Waals surface area contributed by atoms with E-state index in [4.69, 9.17) is 0 Å². The van der Waals surface area contributed by atoms with Crippen molar-refractivity contribution in [3.05, 3.63) is 0 Å². The van der Waals surface area contributed by atoms with Gasteiger partial charge in [0.1, 0.15) is 0 Å². The number of nitrogens with one attached hydrogen (secondary N) is 1. The summed E-state index contributed by atoms with van der Waals surface area (Å²) in [6.07, 6.45) is 2.70. The highest BCUT2D eigenvalue weighted by molar-refractivity contribution is 4.94. The number of likely N-dealkylation sites (tertiary alicyclic amines) is 1. The van der Waals surface area contributed by atoms with Gasteiger partial charge in [-0.1, -0.05) is 6.92 Å². The third-order valence-electron chi connectivity index (χ3n) is 4.88. The van der Waals surface area contributed by atoms with Gasteiger partial charge < -0.3 is 10.2 Å². The molecule has 18 heavy (non-hydrogen) atoms. The monoisotopic (exact) mass is 253 g/mol. The minimum atomic E-state index is 0.272. The van der Waals surface area contributed by atoms with Crippen LogP contribution >= 0.6 is 0 Å². The predicted octanol–water partition coefficient (Wildman–Crippen LogP) is 1.79. The summed E-state index contributed by atoms with van der Waals surface area (Å²) in [5.41, 5.74) is 0.794. The molecule has 2 aliphatic rings. The Kier molecular flexibility index (Phi) is 4.05. The molecule has 2 rings (SSSR count). The largest absolute Gasteiger partial charge is 0.309 e. The summed E-state index contributed by atoms with van der Waals surface area (Å²) in [4.78, 5) is 5.18. The summed E-state index contributed by atoms with van der Waals surface area (Å²) in [5.74, 6) is 0. The molecule has 0 spiro atoms. The second kappa shape index (κ2) is 5.10. The molecule has 2 fully saturated rings. The van der Waals surface area contributed by atoms with Gasteiger partial charge in [0.25, 0.3) is 0 Å². The van der Waals surface area contributed by atoms with Crippen molar-refractivity contribution in [2.24, 2.45) is 5.41 Å². The predicted molar refractivity (Wildman–Crippen MR) is 78.0 cm³/mol. The highest BCUT2D eigenvalue weighted by Crippen LogP contribution is 2.32. The molecule has 1 unspecified atom stereocenters. The third-order valence-corrected chi connectivity index (χ3v) is 4.88. The highest BCUT2D eigenvalue weighted by Gasteiger charge is 2.36. The fourth-order valence-corrected chi connectivity index (χ4v) is 3.29. The summed E-state index contributed by atoms with van der Waals surface area (Å²) in [6.45, 7) is 15.6. The van der Waals surface area contributed by atoms with E-state index in [0.717, 1.165) is 6.54 Å². The van der Waals surface area contributed by atoms with Crippen molar-refractivity contribution in [3.8, 4) is 0 Å². The Balaban J connectivity index is 1.95. The van der Waals surface area contributed by atoms with Gasteiger partial charge in [-0.15, -0.1) is 0 Å². The molecule has 2 heterocycles. The van der Waals surface area contributed by atoms with Crippen molar-refractivity contribution in [1.82, 2.24) is 15.1 Å². The number of rotatable bonds is 2. The van der Waals surface area contributed by atoms with Crippen LogP contribution in [0, 0.1) is 5.41 Å². The van der Waals surface area contributed by atoms with E-state index in [1.54, 1.807) is 0 Å². The van der Waals surface area contributed by atoms with Crippen molar-refractivity contribution < 1.29 is 0 Å². The van der Waals surface area contributed by atoms with E-state index in [9.17, 15) is 0 Å². The molecular weight excluding hydrogens is 222 g/mol. The van der Waals surface area contributed by atoms with E-state index in [0.29, 0.717) is 11.5 Å². The van der Waals surface area contributed by atoms with Crippen LogP contribution < -0.4 is 5.32 Å². The van der Waals surface area contributed by atoms with E-state index in [-0.39, 0.29) is 5.54 Å². The van der Waals surface area contributed by atoms with E-state index in [1.165, 1.54) is 39.0 Å². The lowest BCUT2D eigenvalue weighted by Crippen LogP contribution is -2.62. The number of hydrogen-bond donors (Lipinski definition) is 1. The van der Waals surface area contributed by atoms with Gasteiger partial charge in [-0.3, -0.25) is 4.90 Å². The van der Waals surface area contributed by atoms with Gasteiger partial charge in [0.15, 0.2) is 0 Å². The Bertz CT molecular complexity index is 279. The zero-order valence-electron chi connectivity index (χ0n) is 12.9. The summed E-state index contributed by atoms with van der Waals surface area (Å²) in [7, 11) is 2.25. The maximum absolute atomic E-state index is 3.65. The summed E-state index contributed by atoms with van der Waals surface area (Å²) < 4.78 is 0. The van der Waals surface area contributed by atoms with Gasteiger partial charge in [-0.05, 0) is 59.2 Å². The number of piperazine rings is 1. The highest BCUT2D eigenvalue weighted by atomic mass is 15.3. The maximum Gasteiger partial charge on any atom is 0.0252 e. The molecule has 1 N–H and O–H groups in total. The SMILES string of the molecule is CC1CNC(C)(C)CN1CC1(C)CCN(C)CC1. The molecule has 2 aliphatic heterocycles. The fourth-order valence-electron chi connectivity index (χ4n) is 3.29. The van der Waals surface area contributed by atoms with E-state index in [2.05, 4.69) is 49.9 Å². The van der Waals surface area contributed by atoms with Gasteiger partial charge in [0, 0.05) is 31.2 Å². The molecule has 0 amide bonds. The average Bonchev–Trinajstić information content (AvgIpc) is 2.28. The Morgan fingerprint density at radius 3 is 2.39 bits per heavy atom. The molecule has 0 aromatic rings. The molecular formula is C15H31N3. The first kappa shape index (κ1) is 14.3. The van der Waals surface area contributed by atoms with E-state index >= 15 is 0 Å². The molecule has 0 saturated carbocycles. The molecule has 0 aliphatic carbocycles. The minimum absolute atomic E-state index is 0.272. The summed E-state index contributed by atoms with van der Waals surface area (Å²) in [5, 5.41) is 3.65. The summed E-state index contributed by atoms with van der Waals surface area (Å²) in [6, 6.07) is 0.675. The van der Waals surface area contributed by atoms with Gasteiger partial charge >= 0.3 is 0 Å². The Labute approximate surface area is 113 Å². The molecule has 3 heteroatoms. The van der Waals surface area contributed by atoms with E-state index in [1.807, 2.05) is 0 Å². The van der Waals surface area contributed by atoms with Crippen molar-refractivity contribution in [2.75, 3.05) is 39.8 Å². The minimum Gasteiger partial charge on any atom is -0.309 e. The second-order valence-electron chi connectivity index (χ2n) is 7.63. The second-order valence-corrected chi connectivity index (χ2v) is 7.63. The van der Waals surface area contributed by atoms with Gasteiger partial charge in [-0.2, -0.15) is 0 Å². The molecule has 3 nitrogen and oxygen atoms in total. The van der Waals surface area contributed by atoms with Crippen LogP contribution in [0.25, 0.3) is 0 Å². The van der Waals surface area contributed by atoms with Crippen molar-refractivity contribution in [2.45, 2.75) is 52.1 Å². The van der Waals surface area contributed by atoms with Crippen LogP contribution in [-0.2, 0) is 0 Å². The van der Waals surface area contributed by atoms with Crippen LogP contribution in [0.15, 0.2) is 0 Å². The third kappa shape index (κ3) is 3.46. The quantitative estimate of drug-likeness (QED) is 0.809. The zero-order valence-corrected chi connectivity index (χ0v) is 12.9. The molecule has 106 valence electrons. The van der Waals surface area contributed by atoms with Gasteiger partial charge in [0.05, 0.1) is 0 Å². The Hall–Kier alpha value is -0.120. The lowest BCUT2D eigenvalue weighted by Gasteiger charge is -2.48. The first-order valence-corrected chi connectivity index (χ1v) is 7.47. The number of nitrogens with zero attached hydrogens (tertiary/aromatic N) is 2. The number of hydrogen-bond acceptors (Lipinski definition) is 3. The van der Waals surface area contributed by atoms with Crippen molar-refractivity contribution in [3.63, 3.8) is 0 Å². The van der Waals surface area contributed by atoms with Crippen LogP contribution in [0.2, 0.25) is 0 Å². The normalized spacial score (nSPS) is 33.5. The Morgan fingerprint density at radius 2 is 1.78 bits per heavy atom. The van der Waals surface area contributed by atoms with Crippen LogP contribution in [0.1, 0.15) is 40.5 Å². The fraction of sp³-hybridized carbons (Fsp3) is 1.00. The van der Waals surface area contributed by atoms with Gasteiger partial charge in [-0.25, -0.2) is 0 Å². The standard InChI is InChI=1S/C15H31N3/c1-13-10-16-14(2,3)11-18(13)12-15(4)6-8-17(5)9-7-15/h13,16H,6-12H2,1-5H3. The van der Waals surface area contributed by atoms with Crippen LogP contribution in [0.5, 0.6) is 0 Å². The van der Waals surface area contributed by atoms with Crippen molar-refractivity contribution >= 4 is 0 Å². The maximum atomic E-state index is 3.65. The molecule has 2 saturated heterocycles. The average molecular weight is 253 g/mol. The van der Waals surface area contributed by atoms with E-state index < -0.39 is 0 Å².